The minimum absolute atomic E-state index is 0.302. The van der Waals surface area contributed by atoms with Gasteiger partial charge in [0.15, 0.2) is 0 Å². The number of anilines is 3. The van der Waals surface area contributed by atoms with Crippen LogP contribution in [0.15, 0.2) is 109 Å². The van der Waals surface area contributed by atoms with Crippen LogP contribution >= 0.6 is 0 Å². The van der Waals surface area contributed by atoms with E-state index < -0.39 is 0 Å². The Kier molecular flexibility index (Phi) is 6.20. The van der Waals surface area contributed by atoms with Crippen LogP contribution < -0.4 is 10.6 Å². The lowest BCUT2D eigenvalue weighted by Crippen LogP contribution is -2.35. The summed E-state index contributed by atoms with van der Waals surface area (Å²) in [6.07, 6.45) is 1.82. The number of benzene rings is 4. The number of nitrogens with zero attached hydrogens (tertiary/aromatic N) is 1. The van der Waals surface area contributed by atoms with Crippen LogP contribution in [0.3, 0.4) is 0 Å². The van der Waals surface area contributed by atoms with Crippen LogP contribution in [-0.4, -0.2) is 0 Å². The highest BCUT2D eigenvalue weighted by molar-refractivity contribution is 5.88. The highest BCUT2D eigenvalue weighted by Crippen LogP contribution is 2.41. The molecule has 2 heteroatoms. The molecule has 0 aliphatic carbocycles. The van der Waals surface area contributed by atoms with E-state index in [-0.39, 0.29) is 5.54 Å². The molecule has 0 amide bonds. The molecule has 4 aromatic rings. The summed E-state index contributed by atoms with van der Waals surface area (Å²) in [7, 11) is 0. The quantitative estimate of drug-likeness (QED) is 0.339. The molecule has 4 aromatic carbocycles. The van der Waals surface area contributed by atoms with Crippen molar-refractivity contribution in [3.05, 3.63) is 115 Å². The zero-order valence-electron chi connectivity index (χ0n) is 18.3. The molecule has 2 nitrogen and oxygen atoms in total. The van der Waals surface area contributed by atoms with Crippen molar-refractivity contribution in [3.63, 3.8) is 0 Å². The van der Waals surface area contributed by atoms with Gasteiger partial charge in [-0.2, -0.15) is 0 Å². The first-order valence-corrected chi connectivity index (χ1v) is 11.1. The maximum Gasteiger partial charge on any atom is 0.0540 e. The maximum absolute atomic E-state index is 6.73. The molecule has 0 aromatic heterocycles. The third-order valence-electron chi connectivity index (χ3n) is 6.18. The van der Waals surface area contributed by atoms with Crippen LogP contribution in [0, 0.1) is 0 Å². The summed E-state index contributed by atoms with van der Waals surface area (Å²) in [6, 6.07) is 38.4. The van der Waals surface area contributed by atoms with E-state index in [9.17, 15) is 0 Å². The van der Waals surface area contributed by atoms with Crippen LogP contribution in [0.4, 0.5) is 17.1 Å². The Morgan fingerprint density at radius 2 is 1.19 bits per heavy atom. The Morgan fingerprint density at radius 1 is 0.645 bits per heavy atom. The first-order chi connectivity index (χ1) is 15.2. The number of nitrogens with two attached hydrogens (primary N) is 1. The Bertz CT molecular complexity index is 1080. The van der Waals surface area contributed by atoms with Crippen molar-refractivity contribution in [3.8, 4) is 11.1 Å². The molecule has 0 fully saturated rings. The Labute approximate surface area is 186 Å². The van der Waals surface area contributed by atoms with E-state index in [2.05, 4.69) is 128 Å². The topological polar surface area (TPSA) is 29.3 Å². The molecule has 0 heterocycles. The molecule has 0 saturated carbocycles. The molecule has 0 saturated heterocycles. The second kappa shape index (κ2) is 9.20. The Morgan fingerprint density at radius 3 is 1.77 bits per heavy atom. The second-order valence-electron chi connectivity index (χ2n) is 7.97. The van der Waals surface area contributed by atoms with Crippen molar-refractivity contribution in [1.29, 1.82) is 0 Å². The normalized spacial score (nSPS) is 11.3. The summed E-state index contributed by atoms with van der Waals surface area (Å²) < 4.78 is 0. The molecule has 0 atom stereocenters. The highest BCUT2D eigenvalue weighted by atomic mass is 15.1. The van der Waals surface area contributed by atoms with E-state index in [1.54, 1.807) is 0 Å². The zero-order chi connectivity index (χ0) is 21.7. The predicted octanol–water partition coefficient (Wildman–Crippen LogP) is 7.80. The van der Waals surface area contributed by atoms with Gasteiger partial charge in [0.2, 0.25) is 0 Å². The van der Waals surface area contributed by atoms with Crippen molar-refractivity contribution < 1.29 is 0 Å². The summed E-state index contributed by atoms with van der Waals surface area (Å²) in [6.45, 7) is 4.33. The smallest absolute Gasteiger partial charge is 0.0540 e. The molecule has 0 bridgehead atoms. The van der Waals surface area contributed by atoms with Gasteiger partial charge in [-0.05, 0) is 60.4 Å². The van der Waals surface area contributed by atoms with Gasteiger partial charge < -0.3 is 10.6 Å². The van der Waals surface area contributed by atoms with Gasteiger partial charge in [-0.3, -0.25) is 0 Å². The van der Waals surface area contributed by atoms with Gasteiger partial charge in [0, 0.05) is 22.5 Å². The van der Waals surface area contributed by atoms with Gasteiger partial charge in [-0.25, -0.2) is 0 Å². The number of rotatable bonds is 7. The van der Waals surface area contributed by atoms with Gasteiger partial charge in [0.1, 0.15) is 0 Å². The highest BCUT2D eigenvalue weighted by Gasteiger charge is 2.24. The van der Waals surface area contributed by atoms with E-state index in [0.717, 1.165) is 29.9 Å². The van der Waals surface area contributed by atoms with Crippen molar-refractivity contribution in [2.45, 2.75) is 32.2 Å². The van der Waals surface area contributed by atoms with Crippen LogP contribution in [0.25, 0.3) is 11.1 Å². The largest absolute Gasteiger partial charge is 0.321 e. The fraction of sp³-hybridized carbons (Fsp3) is 0.172. The fourth-order valence-electron chi connectivity index (χ4n) is 4.15. The Balaban J connectivity index is 1.89. The summed E-state index contributed by atoms with van der Waals surface area (Å²) in [5, 5.41) is 0. The lowest BCUT2D eigenvalue weighted by atomic mass is 9.84. The molecule has 156 valence electrons. The van der Waals surface area contributed by atoms with Crippen molar-refractivity contribution in [1.82, 2.24) is 0 Å². The molecule has 0 aliphatic rings. The van der Waals surface area contributed by atoms with Crippen LogP contribution in [0.5, 0.6) is 0 Å². The Hall–Kier alpha value is -3.36. The minimum Gasteiger partial charge on any atom is -0.321 e. The fourth-order valence-corrected chi connectivity index (χ4v) is 4.15. The standard InChI is InChI=1S/C29H30N2/c1-3-29(30,4-2)24-15-13-14-23(22-24)27-20-11-12-21-28(27)31(25-16-7-5-8-17-25)26-18-9-6-10-19-26/h5-22H,3-4,30H2,1-2H3. The predicted molar refractivity (Wildman–Crippen MR) is 133 cm³/mol. The first-order valence-electron chi connectivity index (χ1n) is 11.1. The summed E-state index contributed by atoms with van der Waals surface area (Å²) >= 11 is 0. The van der Waals surface area contributed by atoms with E-state index in [0.29, 0.717) is 0 Å². The third-order valence-corrected chi connectivity index (χ3v) is 6.18. The van der Waals surface area contributed by atoms with Crippen molar-refractivity contribution in [2.24, 2.45) is 5.73 Å². The molecule has 0 unspecified atom stereocenters. The van der Waals surface area contributed by atoms with Crippen LogP contribution in [0.1, 0.15) is 32.3 Å². The number of para-hydroxylation sites is 3. The molecular formula is C29H30N2. The lowest BCUT2D eigenvalue weighted by Gasteiger charge is -2.29. The van der Waals surface area contributed by atoms with E-state index in [1.807, 2.05) is 0 Å². The molecule has 4 rings (SSSR count). The molecule has 0 radical (unpaired) electrons. The molecule has 31 heavy (non-hydrogen) atoms. The maximum atomic E-state index is 6.73. The molecular weight excluding hydrogens is 376 g/mol. The average Bonchev–Trinajstić information content (AvgIpc) is 2.85. The number of hydrogen-bond acceptors (Lipinski definition) is 2. The lowest BCUT2D eigenvalue weighted by molar-refractivity contribution is 0.413. The first kappa shape index (κ1) is 20.9. The van der Waals surface area contributed by atoms with Gasteiger partial charge >= 0.3 is 0 Å². The van der Waals surface area contributed by atoms with E-state index in [1.165, 1.54) is 16.7 Å². The van der Waals surface area contributed by atoms with Gasteiger partial charge in [-0.1, -0.05) is 86.6 Å². The number of hydrogen-bond donors (Lipinski definition) is 1. The van der Waals surface area contributed by atoms with Gasteiger partial charge in [0.05, 0.1) is 5.69 Å². The summed E-state index contributed by atoms with van der Waals surface area (Å²) in [5.74, 6) is 0. The monoisotopic (exact) mass is 406 g/mol. The molecule has 0 aliphatic heterocycles. The SMILES string of the molecule is CCC(N)(CC)c1cccc(-c2ccccc2N(c2ccccc2)c2ccccc2)c1. The third kappa shape index (κ3) is 4.26. The van der Waals surface area contributed by atoms with Crippen LogP contribution in [0.2, 0.25) is 0 Å². The average molecular weight is 407 g/mol. The minimum atomic E-state index is -0.302. The van der Waals surface area contributed by atoms with E-state index >= 15 is 0 Å². The molecule has 0 spiro atoms. The second-order valence-corrected chi connectivity index (χ2v) is 7.97. The van der Waals surface area contributed by atoms with E-state index in [4.69, 9.17) is 5.73 Å². The zero-order valence-corrected chi connectivity index (χ0v) is 18.3. The van der Waals surface area contributed by atoms with Crippen molar-refractivity contribution in [2.75, 3.05) is 4.90 Å². The van der Waals surface area contributed by atoms with Crippen molar-refractivity contribution >= 4 is 17.1 Å². The summed E-state index contributed by atoms with van der Waals surface area (Å²) in [5.41, 5.74) is 13.4. The van der Waals surface area contributed by atoms with Gasteiger partial charge in [-0.15, -0.1) is 0 Å². The van der Waals surface area contributed by atoms with Gasteiger partial charge in [0.25, 0.3) is 0 Å². The molecule has 2 N–H and O–H groups in total. The summed E-state index contributed by atoms with van der Waals surface area (Å²) in [4.78, 5) is 2.32. The van der Waals surface area contributed by atoms with Crippen LogP contribution in [-0.2, 0) is 5.54 Å².